The van der Waals surface area contributed by atoms with Crippen LogP contribution in [-0.2, 0) is 9.68 Å². The molecule has 1 N–H and O–H groups in total. The van der Waals surface area contributed by atoms with Crippen molar-refractivity contribution in [2.75, 3.05) is 0 Å². The molecule has 1 aliphatic rings. The van der Waals surface area contributed by atoms with Gasteiger partial charge < -0.3 is 9.94 Å². The molecule has 15 heavy (non-hydrogen) atoms. The minimum atomic E-state index is -2.21. The van der Waals surface area contributed by atoms with Crippen LogP contribution < -0.4 is 0 Å². The fourth-order valence-corrected chi connectivity index (χ4v) is 1.57. The second-order valence-electron chi connectivity index (χ2n) is 3.22. The Labute approximate surface area is 83.8 Å². The van der Waals surface area contributed by atoms with Gasteiger partial charge in [0.05, 0.1) is 0 Å². The van der Waals surface area contributed by atoms with E-state index in [0.717, 1.165) is 0 Å². The molecule has 86 valence electrons. The zero-order valence-electron chi connectivity index (χ0n) is 7.70. The minimum Gasteiger partial charge on any atom is -0.364 e. The van der Waals surface area contributed by atoms with Crippen LogP contribution in [0.3, 0.4) is 0 Å². The number of nitrogens with zero attached hydrogens (tertiary/aromatic N) is 2. The van der Waals surface area contributed by atoms with E-state index in [1.165, 1.54) is 0 Å². The van der Waals surface area contributed by atoms with Crippen molar-refractivity contribution in [3.05, 3.63) is 20.2 Å². The fraction of sp³-hybridized carbons (Fsp3) is 1.00. The van der Waals surface area contributed by atoms with Crippen molar-refractivity contribution in [3.63, 3.8) is 0 Å². The highest BCUT2D eigenvalue weighted by Gasteiger charge is 2.45. The minimum absolute atomic E-state index is 0.0630. The molecule has 0 bridgehead atoms. The smallest absolute Gasteiger partial charge is 0.297 e. The Morgan fingerprint density at radius 2 is 1.93 bits per heavy atom. The average Bonchev–Trinajstić information content (AvgIpc) is 2.07. The Balaban J connectivity index is 2.71. The zero-order valence-corrected chi connectivity index (χ0v) is 7.70. The summed E-state index contributed by atoms with van der Waals surface area (Å²) in [7, 11) is 0. The van der Waals surface area contributed by atoms with E-state index < -0.39 is 22.1 Å². The molecule has 0 heterocycles. The first-order valence-corrected chi connectivity index (χ1v) is 4.31. The molecule has 0 aromatic carbocycles. The molecule has 1 rings (SSSR count). The Hall–Kier alpha value is -1.64. The van der Waals surface area contributed by atoms with Crippen molar-refractivity contribution in [3.8, 4) is 0 Å². The van der Waals surface area contributed by atoms with Gasteiger partial charge in [0.15, 0.2) is 6.10 Å². The van der Waals surface area contributed by atoms with Crippen molar-refractivity contribution in [1.29, 1.82) is 0 Å². The van der Waals surface area contributed by atoms with Crippen molar-refractivity contribution >= 4 is 0 Å². The highest BCUT2D eigenvalue weighted by atomic mass is 17.0. The SMILES string of the molecule is O=[N+]([O-])OC1CCCCC1(O)O[N+](=O)[O-]. The van der Waals surface area contributed by atoms with Crippen LogP contribution in [0.25, 0.3) is 0 Å². The summed E-state index contributed by atoms with van der Waals surface area (Å²) in [6.07, 6.45) is -0.159. The molecular formula is C6H10N2O7. The molecule has 0 spiro atoms. The first-order valence-electron chi connectivity index (χ1n) is 4.31. The molecule has 2 atom stereocenters. The third kappa shape index (κ3) is 2.91. The van der Waals surface area contributed by atoms with Gasteiger partial charge >= 0.3 is 0 Å². The predicted octanol–water partition coefficient (Wildman–Crippen LogP) is 0.0342. The van der Waals surface area contributed by atoms with Crippen LogP contribution in [0.4, 0.5) is 0 Å². The number of rotatable bonds is 4. The summed E-state index contributed by atoms with van der Waals surface area (Å²) in [5.74, 6) is -2.21. The lowest BCUT2D eigenvalue weighted by Crippen LogP contribution is -2.50. The molecule has 0 aromatic rings. The van der Waals surface area contributed by atoms with Gasteiger partial charge in [-0.2, -0.15) is 0 Å². The first-order chi connectivity index (χ1) is 6.94. The number of aliphatic hydroxyl groups is 1. The molecule has 9 nitrogen and oxygen atoms in total. The van der Waals surface area contributed by atoms with E-state index in [1.807, 2.05) is 0 Å². The maximum absolute atomic E-state index is 10.1. The maximum Gasteiger partial charge on any atom is 0.297 e. The normalized spacial score (nSPS) is 30.6. The summed E-state index contributed by atoms with van der Waals surface area (Å²) in [5, 5.41) is 27.6. The van der Waals surface area contributed by atoms with Gasteiger partial charge in [0.1, 0.15) is 0 Å². The third-order valence-corrected chi connectivity index (χ3v) is 2.20. The Bertz CT molecular complexity index is 270. The van der Waals surface area contributed by atoms with E-state index in [-0.39, 0.29) is 12.8 Å². The molecule has 0 amide bonds. The van der Waals surface area contributed by atoms with Gasteiger partial charge in [-0.05, 0) is 12.8 Å². The van der Waals surface area contributed by atoms with Crippen molar-refractivity contribution < 1.29 is 25.0 Å². The van der Waals surface area contributed by atoms with Crippen LogP contribution >= 0.6 is 0 Å². The Morgan fingerprint density at radius 1 is 1.27 bits per heavy atom. The quantitative estimate of drug-likeness (QED) is 0.404. The van der Waals surface area contributed by atoms with Gasteiger partial charge in [0.25, 0.3) is 10.2 Å². The predicted molar refractivity (Wildman–Crippen MR) is 43.4 cm³/mol. The lowest BCUT2D eigenvalue weighted by molar-refractivity contribution is -0.825. The van der Waals surface area contributed by atoms with Gasteiger partial charge in [0.2, 0.25) is 5.79 Å². The average molecular weight is 222 g/mol. The highest BCUT2D eigenvalue weighted by Crippen LogP contribution is 2.31. The van der Waals surface area contributed by atoms with Gasteiger partial charge in [-0.3, -0.25) is 4.84 Å². The molecule has 1 fully saturated rings. The van der Waals surface area contributed by atoms with Crippen molar-refractivity contribution in [2.24, 2.45) is 0 Å². The van der Waals surface area contributed by atoms with Crippen LogP contribution in [0.2, 0.25) is 0 Å². The fourth-order valence-electron chi connectivity index (χ4n) is 1.57. The molecule has 2 unspecified atom stereocenters. The standard InChI is InChI=1S/C6H10N2O7/c9-6(15-8(12)13)4-2-1-3-5(6)14-7(10)11/h5,9H,1-4H2. The van der Waals surface area contributed by atoms with Crippen LogP contribution in [0.5, 0.6) is 0 Å². The van der Waals surface area contributed by atoms with E-state index in [4.69, 9.17) is 0 Å². The van der Waals surface area contributed by atoms with E-state index in [1.54, 1.807) is 0 Å². The van der Waals surface area contributed by atoms with E-state index >= 15 is 0 Å². The summed E-state index contributed by atoms with van der Waals surface area (Å²) < 4.78 is 0. The van der Waals surface area contributed by atoms with Crippen molar-refractivity contribution in [2.45, 2.75) is 37.6 Å². The van der Waals surface area contributed by atoms with Crippen LogP contribution in [-0.4, -0.2) is 27.2 Å². The zero-order chi connectivity index (χ0) is 11.5. The molecule has 0 radical (unpaired) electrons. The largest absolute Gasteiger partial charge is 0.364 e. The molecule has 9 heteroatoms. The maximum atomic E-state index is 10.1. The second-order valence-corrected chi connectivity index (χ2v) is 3.22. The van der Waals surface area contributed by atoms with Gasteiger partial charge in [-0.15, -0.1) is 20.2 Å². The van der Waals surface area contributed by atoms with Gasteiger partial charge in [-0.25, -0.2) is 0 Å². The molecule has 1 aliphatic carbocycles. The second kappa shape index (κ2) is 4.26. The summed E-state index contributed by atoms with van der Waals surface area (Å²) >= 11 is 0. The van der Waals surface area contributed by atoms with E-state index in [2.05, 4.69) is 9.68 Å². The topological polar surface area (TPSA) is 125 Å². The number of hydrogen-bond donors (Lipinski definition) is 1. The highest BCUT2D eigenvalue weighted by molar-refractivity contribution is 4.81. The molecule has 0 saturated heterocycles. The Kier molecular flexibility index (Phi) is 3.24. The summed E-state index contributed by atoms with van der Waals surface area (Å²) in [5.41, 5.74) is 0. The lowest BCUT2D eigenvalue weighted by Gasteiger charge is -2.35. The summed E-state index contributed by atoms with van der Waals surface area (Å²) in [6, 6.07) is 0. The summed E-state index contributed by atoms with van der Waals surface area (Å²) in [6.45, 7) is 0. The van der Waals surface area contributed by atoms with Crippen LogP contribution in [0.15, 0.2) is 0 Å². The molecule has 0 aliphatic heterocycles. The van der Waals surface area contributed by atoms with E-state index in [9.17, 15) is 25.3 Å². The monoisotopic (exact) mass is 222 g/mol. The third-order valence-electron chi connectivity index (χ3n) is 2.20. The molecule has 1 saturated carbocycles. The van der Waals surface area contributed by atoms with Crippen molar-refractivity contribution in [1.82, 2.24) is 0 Å². The van der Waals surface area contributed by atoms with Gasteiger partial charge in [0, 0.05) is 6.42 Å². The number of hydrogen-bond acceptors (Lipinski definition) is 7. The first kappa shape index (κ1) is 11.4. The lowest BCUT2D eigenvalue weighted by atomic mass is 9.91. The van der Waals surface area contributed by atoms with Crippen LogP contribution in [0.1, 0.15) is 25.7 Å². The summed E-state index contributed by atoms with van der Waals surface area (Å²) in [4.78, 5) is 28.4. The van der Waals surface area contributed by atoms with E-state index in [0.29, 0.717) is 12.8 Å². The van der Waals surface area contributed by atoms with Gasteiger partial charge in [-0.1, -0.05) is 6.42 Å². The molecule has 0 aromatic heterocycles. The Morgan fingerprint density at radius 3 is 2.47 bits per heavy atom. The van der Waals surface area contributed by atoms with Crippen LogP contribution in [0, 0.1) is 20.2 Å². The molecular weight excluding hydrogens is 212 g/mol.